The van der Waals surface area contributed by atoms with Gasteiger partial charge < -0.3 is 10.6 Å². The van der Waals surface area contributed by atoms with Gasteiger partial charge in [0.1, 0.15) is 10.7 Å². The van der Waals surface area contributed by atoms with Gasteiger partial charge in [0.25, 0.3) is 0 Å². The number of hydrogen-bond acceptors (Lipinski definition) is 4. The first kappa shape index (κ1) is 15.3. The molecule has 0 unspecified atom stereocenters. The first-order valence-electron chi connectivity index (χ1n) is 5.80. The highest BCUT2D eigenvalue weighted by Gasteiger charge is 2.20. The zero-order valence-corrected chi connectivity index (χ0v) is 11.4. The van der Waals surface area contributed by atoms with Gasteiger partial charge in [-0.1, -0.05) is 11.6 Å². The van der Waals surface area contributed by atoms with Crippen molar-refractivity contribution >= 4 is 29.1 Å². The average Bonchev–Trinajstić information content (AvgIpc) is 2.45. The van der Waals surface area contributed by atoms with E-state index in [2.05, 4.69) is 20.6 Å². The average molecular weight is 321 g/mol. The molecular formula is C12H9ClF4N4. The van der Waals surface area contributed by atoms with E-state index in [1.807, 2.05) is 0 Å². The lowest BCUT2D eigenvalue weighted by Gasteiger charge is -2.11. The van der Waals surface area contributed by atoms with Crippen LogP contribution in [-0.4, -0.2) is 16.5 Å². The molecule has 0 fully saturated rings. The fourth-order valence-corrected chi connectivity index (χ4v) is 1.64. The lowest BCUT2D eigenvalue weighted by atomic mass is 10.2. The number of rotatable bonds is 4. The van der Waals surface area contributed by atoms with Gasteiger partial charge in [0, 0.05) is 12.6 Å². The molecule has 0 aliphatic heterocycles. The minimum Gasteiger partial charge on any atom is -0.354 e. The molecule has 0 aliphatic carbocycles. The summed E-state index contributed by atoms with van der Waals surface area (Å²) in [5, 5.41) is 4.82. The monoisotopic (exact) mass is 320 g/mol. The van der Waals surface area contributed by atoms with Crippen LogP contribution in [0.2, 0.25) is 5.02 Å². The summed E-state index contributed by atoms with van der Waals surface area (Å²) in [7, 11) is 0. The van der Waals surface area contributed by atoms with Crippen molar-refractivity contribution in [2.45, 2.75) is 6.92 Å². The second-order valence-corrected chi connectivity index (χ2v) is 4.30. The first-order valence-corrected chi connectivity index (χ1v) is 6.18. The molecule has 9 heteroatoms. The Morgan fingerprint density at radius 2 is 1.76 bits per heavy atom. The SMILES string of the molecule is CCNc1ncc(Cl)c(Nc2c(F)c(F)cc(F)c2F)n1. The van der Waals surface area contributed by atoms with Crippen molar-refractivity contribution in [3.63, 3.8) is 0 Å². The van der Waals surface area contributed by atoms with Crippen molar-refractivity contribution in [3.05, 3.63) is 40.6 Å². The molecule has 0 saturated heterocycles. The van der Waals surface area contributed by atoms with Crippen LogP contribution in [0, 0.1) is 23.3 Å². The Morgan fingerprint density at radius 1 is 1.14 bits per heavy atom. The molecule has 0 spiro atoms. The molecule has 0 radical (unpaired) electrons. The number of nitrogens with zero attached hydrogens (tertiary/aromatic N) is 2. The predicted octanol–water partition coefficient (Wildman–Crippen LogP) is 3.86. The summed E-state index contributed by atoms with van der Waals surface area (Å²) >= 11 is 5.78. The quantitative estimate of drug-likeness (QED) is 0.663. The van der Waals surface area contributed by atoms with Crippen LogP contribution in [0.25, 0.3) is 0 Å². The molecule has 0 atom stereocenters. The molecule has 2 rings (SSSR count). The molecule has 21 heavy (non-hydrogen) atoms. The van der Waals surface area contributed by atoms with Crippen molar-refractivity contribution in [2.24, 2.45) is 0 Å². The highest BCUT2D eigenvalue weighted by Crippen LogP contribution is 2.29. The van der Waals surface area contributed by atoms with Crippen LogP contribution in [0.1, 0.15) is 6.92 Å². The number of nitrogens with one attached hydrogen (secondary N) is 2. The lowest BCUT2D eigenvalue weighted by Crippen LogP contribution is -2.07. The fraction of sp³-hybridized carbons (Fsp3) is 0.167. The summed E-state index contributed by atoms with van der Waals surface area (Å²) in [5.41, 5.74) is -1.02. The third kappa shape index (κ3) is 3.15. The van der Waals surface area contributed by atoms with E-state index in [9.17, 15) is 17.6 Å². The van der Waals surface area contributed by atoms with Gasteiger partial charge in [-0.3, -0.25) is 0 Å². The summed E-state index contributed by atoms with van der Waals surface area (Å²) in [5.74, 6) is -6.27. The molecule has 1 aromatic heterocycles. The first-order chi connectivity index (χ1) is 9.93. The Kier molecular flexibility index (Phi) is 4.46. The van der Waals surface area contributed by atoms with E-state index in [1.165, 1.54) is 6.20 Å². The van der Waals surface area contributed by atoms with Crippen LogP contribution in [0.4, 0.5) is 35.0 Å². The molecule has 2 aromatic rings. The molecule has 4 nitrogen and oxygen atoms in total. The van der Waals surface area contributed by atoms with Crippen LogP contribution in [-0.2, 0) is 0 Å². The van der Waals surface area contributed by atoms with Gasteiger partial charge in [-0.25, -0.2) is 22.5 Å². The van der Waals surface area contributed by atoms with Gasteiger partial charge >= 0.3 is 0 Å². The normalized spacial score (nSPS) is 10.6. The fourth-order valence-electron chi connectivity index (χ4n) is 1.50. The molecule has 0 saturated carbocycles. The maximum absolute atomic E-state index is 13.6. The number of hydrogen-bond donors (Lipinski definition) is 2. The summed E-state index contributed by atoms with van der Waals surface area (Å²) in [6.07, 6.45) is 1.18. The molecule has 2 N–H and O–H groups in total. The minimum atomic E-state index is -1.58. The van der Waals surface area contributed by atoms with E-state index < -0.39 is 29.0 Å². The standard InChI is InChI=1S/C12H9ClF4N4/c1-2-18-12-19-4-5(13)11(21-12)20-10-8(16)6(14)3-7(15)9(10)17/h3-4H,2H2,1H3,(H2,18,19,20,21). The van der Waals surface area contributed by atoms with Crippen LogP contribution >= 0.6 is 11.6 Å². The molecule has 0 bridgehead atoms. The van der Waals surface area contributed by atoms with Crippen LogP contribution < -0.4 is 10.6 Å². The van der Waals surface area contributed by atoms with Crippen molar-refractivity contribution in [2.75, 3.05) is 17.2 Å². The molecule has 1 heterocycles. The molecule has 0 aliphatic rings. The summed E-state index contributed by atoms with van der Waals surface area (Å²) < 4.78 is 53.4. The maximum atomic E-state index is 13.6. The summed E-state index contributed by atoms with van der Waals surface area (Å²) in [4.78, 5) is 7.68. The van der Waals surface area contributed by atoms with Crippen molar-refractivity contribution in [1.82, 2.24) is 9.97 Å². The van der Waals surface area contributed by atoms with Gasteiger partial charge in [-0.2, -0.15) is 4.98 Å². The highest BCUT2D eigenvalue weighted by atomic mass is 35.5. The minimum absolute atomic E-state index is 0.0693. The summed E-state index contributed by atoms with van der Waals surface area (Å²) in [6, 6.07) is 0.113. The van der Waals surface area contributed by atoms with E-state index in [0.717, 1.165) is 0 Å². The maximum Gasteiger partial charge on any atom is 0.224 e. The van der Waals surface area contributed by atoms with E-state index in [4.69, 9.17) is 11.6 Å². The van der Waals surface area contributed by atoms with E-state index >= 15 is 0 Å². The molecular weight excluding hydrogens is 312 g/mol. The van der Waals surface area contributed by atoms with E-state index in [-0.39, 0.29) is 22.9 Å². The highest BCUT2D eigenvalue weighted by molar-refractivity contribution is 6.32. The zero-order valence-electron chi connectivity index (χ0n) is 10.6. The van der Waals surface area contributed by atoms with Crippen LogP contribution in [0.15, 0.2) is 12.3 Å². The Balaban J connectivity index is 2.45. The number of halogens is 5. The van der Waals surface area contributed by atoms with Gasteiger partial charge in [0.2, 0.25) is 5.95 Å². The Labute approximate surface area is 122 Å². The number of benzene rings is 1. The van der Waals surface area contributed by atoms with Crippen LogP contribution in [0.3, 0.4) is 0 Å². The van der Waals surface area contributed by atoms with Crippen molar-refractivity contribution in [1.29, 1.82) is 0 Å². The van der Waals surface area contributed by atoms with Crippen LogP contribution in [0.5, 0.6) is 0 Å². The second kappa shape index (κ2) is 6.13. The van der Waals surface area contributed by atoms with Gasteiger partial charge in [-0.15, -0.1) is 0 Å². The van der Waals surface area contributed by atoms with E-state index in [1.54, 1.807) is 6.92 Å². The van der Waals surface area contributed by atoms with E-state index in [0.29, 0.717) is 6.54 Å². The number of aromatic nitrogens is 2. The topological polar surface area (TPSA) is 49.8 Å². The Bertz CT molecular complexity index is 655. The smallest absolute Gasteiger partial charge is 0.224 e. The third-order valence-electron chi connectivity index (χ3n) is 2.43. The molecule has 1 aromatic carbocycles. The predicted molar refractivity (Wildman–Crippen MR) is 70.8 cm³/mol. The second-order valence-electron chi connectivity index (χ2n) is 3.89. The number of anilines is 3. The zero-order chi connectivity index (χ0) is 15.6. The molecule has 0 amide bonds. The third-order valence-corrected chi connectivity index (χ3v) is 2.71. The Morgan fingerprint density at radius 3 is 2.33 bits per heavy atom. The molecule has 112 valence electrons. The van der Waals surface area contributed by atoms with Gasteiger partial charge in [0.15, 0.2) is 29.1 Å². The van der Waals surface area contributed by atoms with Gasteiger partial charge in [-0.05, 0) is 6.92 Å². The van der Waals surface area contributed by atoms with Crippen molar-refractivity contribution in [3.8, 4) is 0 Å². The largest absolute Gasteiger partial charge is 0.354 e. The van der Waals surface area contributed by atoms with Crippen molar-refractivity contribution < 1.29 is 17.6 Å². The van der Waals surface area contributed by atoms with Gasteiger partial charge in [0.05, 0.1) is 6.20 Å². The summed E-state index contributed by atoms with van der Waals surface area (Å²) in [6.45, 7) is 2.28. The lowest BCUT2D eigenvalue weighted by molar-refractivity contribution is 0.459. The Hall–Kier alpha value is -2.09.